The fourth-order valence-corrected chi connectivity index (χ4v) is 1.53. The SMILES string of the molecule is CC(O)C(NC(=O)NC(CC(N)=O)C(=O)NNC(=O)C(N)CO)C(=O)O. The van der Waals surface area contributed by atoms with Gasteiger partial charge in [-0.3, -0.25) is 25.2 Å². The molecule has 0 aromatic heterocycles. The highest BCUT2D eigenvalue weighted by Crippen LogP contribution is 1.96. The molecule has 0 aromatic rings. The van der Waals surface area contributed by atoms with Crippen LogP contribution in [0.2, 0.25) is 0 Å². The fraction of sp³-hybridized carbons (Fsp3) is 0.583. The number of hydrazine groups is 1. The highest BCUT2D eigenvalue weighted by molar-refractivity contribution is 5.93. The quantitative estimate of drug-likeness (QED) is 0.174. The normalized spacial score (nSPS) is 14.9. The van der Waals surface area contributed by atoms with Gasteiger partial charge in [0.1, 0.15) is 12.1 Å². The molecule has 4 atom stereocenters. The average molecular weight is 378 g/mol. The second-order valence-corrected chi connectivity index (χ2v) is 5.16. The largest absolute Gasteiger partial charge is 0.480 e. The van der Waals surface area contributed by atoms with Crippen LogP contribution in [0.1, 0.15) is 13.3 Å². The number of aliphatic hydroxyl groups excluding tert-OH is 2. The molecule has 0 rings (SSSR count). The Morgan fingerprint density at radius 3 is 2.00 bits per heavy atom. The molecule has 0 fully saturated rings. The zero-order chi connectivity index (χ0) is 20.4. The van der Waals surface area contributed by atoms with E-state index in [4.69, 9.17) is 21.7 Å². The highest BCUT2D eigenvalue weighted by Gasteiger charge is 2.28. The highest BCUT2D eigenvalue weighted by atomic mass is 16.4. The average Bonchev–Trinajstić information content (AvgIpc) is 2.54. The van der Waals surface area contributed by atoms with Crippen molar-refractivity contribution in [2.24, 2.45) is 11.5 Å². The molecule has 14 nitrogen and oxygen atoms in total. The van der Waals surface area contributed by atoms with Crippen molar-refractivity contribution in [1.29, 1.82) is 0 Å². The van der Waals surface area contributed by atoms with Crippen LogP contribution in [0.3, 0.4) is 0 Å². The van der Waals surface area contributed by atoms with Gasteiger partial charge in [0.05, 0.1) is 19.1 Å². The van der Waals surface area contributed by atoms with Crippen LogP contribution in [0.4, 0.5) is 4.79 Å². The summed E-state index contributed by atoms with van der Waals surface area (Å²) in [5, 5.41) is 30.7. The van der Waals surface area contributed by atoms with E-state index in [9.17, 15) is 29.1 Å². The Hall–Kier alpha value is -2.97. The van der Waals surface area contributed by atoms with Crippen LogP contribution >= 0.6 is 0 Å². The van der Waals surface area contributed by atoms with Crippen LogP contribution in [-0.4, -0.2) is 75.9 Å². The van der Waals surface area contributed by atoms with E-state index >= 15 is 0 Å². The van der Waals surface area contributed by atoms with E-state index in [2.05, 4.69) is 0 Å². The number of primary amides is 1. The van der Waals surface area contributed by atoms with Gasteiger partial charge in [0.15, 0.2) is 6.04 Å². The first-order valence-electron chi connectivity index (χ1n) is 7.21. The summed E-state index contributed by atoms with van der Waals surface area (Å²) >= 11 is 0. The lowest BCUT2D eigenvalue weighted by Gasteiger charge is -2.21. The van der Waals surface area contributed by atoms with Gasteiger partial charge in [0.2, 0.25) is 5.91 Å². The number of aliphatic carboxylic acids is 1. The zero-order valence-corrected chi connectivity index (χ0v) is 13.8. The van der Waals surface area contributed by atoms with Crippen molar-refractivity contribution in [2.75, 3.05) is 6.61 Å². The fourth-order valence-electron chi connectivity index (χ4n) is 1.53. The summed E-state index contributed by atoms with van der Waals surface area (Å²) in [5.74, 6) is -4.52. The van der Waals surface area contributed by atoms with Crippen molar-refractivity contribution in [3.05, 3.63) is 0 Å². The van der Waals surface area contributed by atoms with Crippen molar-refractivity contribution < 1.29 is 39.3 Å². The van der Waals surface area contributed by atoms with E-state index in [-0.39, 0.29) is 0 Å². The van der Waals surface area contributed by atoms with Gasteiger partial charge in [-0.15, -0.1) is 0 Å². The van der Waals surface area contributed by atoms with Gasteiger partial charge in [0, 0.05) is 0 Å². The third-order valence-electron chi connectivity index (χ3n) is 2.90. The van der Waals surface area contributed by atoms with Gasteiger partial charge >= 0.3 is 12.0 Å². The number of nitrogens with two attached hydrogens (primary N) is 2. The summed E-state index contributed by atoms with van der Waals surface area (Å²) in [6.07, 6.45) is -2.12. The molecule has 11 N–H and O–H groups in total. The molecule has 0 saturated heterocycles. The standard InChI is InChI=1S/C12H22N6O8/c1-4(20)8(11(24)25)16-12(26)15-6(2-7(14)21)10(23)18-17-9(22)5(13)3-19/h4-6,8,19-20H,2-3,13H2,1H3,(H2,14,21)(H,17,22)(H,18,23)(H,24,25)(H2,15,16,26). The summed E-state index contributed by atoms with van der Waals surface area (Å²) in [6, 6.07) is -5.74. The van der Waals surface area contributed by atoms with Crippen LogP contribution in [-0.2, 0) is 19.2 Å². The molecule has 4 unspecified atom stereocenters. The Kier molecular flexibility index (Phi) is 9.57. The molecule has 0 bridgehead atoms. The summed E-state index contributed by atoms with van der Waals surface area (Å²) in [7, 11) is 0. The minimum absolute atomic E-state index is 0.673. The number of carboxylic acid groups (broad SMARTS) is 1. The summed E-state index contributed by atoms with van der Waals surface area (Å²) < 4.78 is 0. The number of aliphatic hydroxyl groups is 2. The molecule has 14 heteroatoms. The molecule has 0 aliphatic heterocycles. The van der Waals surface area contributed by atoms with Crippen molar-refractivity contribution in [2.45, 2.75) is 37.6 Å². The number of urea groups is 1. The maximum atomic E-state index is 11.9. The maximum Gasteiger partial charge on any atom is 0.328 e. The molecule has 0 radical (unpaired) electrons. The van der Waals surface area contributed by atoms with Gasteiger partial charge < -0.3 is 37.4 Å². The Balaban J connectivity index is 4.90. The number of hydrogen-bond acceptors (Lipinski definition) is 8. The Labute approximate surface area is 147 Å². The molecule has 0 spiro atoms. The lowest BCUT2D eigenvalue weighted by molar-refractivity contribution is -0.141. The number of carbonyl (C=O) groups is 5. The lowest BCUT2D eigenvalue weighted by atomic mass is 10.1. The van der Waals surface area contributed by atoms with Gasteiger partial charge in [-0.1, -0.05) is 0 Å². The van der Waals surface area contributed by atoms with Crippen LogP contribution in [0, 0.1) is 0 Å². The predicted molar refractivity (Wildman–Crippen MR) is 83.7 cm³/mol. The van der Waals surface area contributed by atoms with Gasteiger partial charge in [-0.25, -0.2) is 9.59 Å². The first kappa shape index (κ1) is 23.0. The number of amides is 5. The van der Waals surface area contributed by atoms with E-state index in [1.807, 2.05) is 21.5 Å². The molecule has 26 heavy (non-hydrogen) atoms. The van der Waals surface area contributed by atoms with Gasteiger partial charge in [-0.05, 0) is 6.92 Å². The topological polar surface area (TPSA) is 246 Å². The van der Waals surface area contributed by atoms with Crippen molar-refractivity contribution in [3.8, 4) is 0 Å². The predicted octanol–water partition coefficient (Wildman–Crippen LogP) is -5.17. The van der Waals surface area contributed by atoms with E-state index in [0.29, 0.717) is 0 Å². The molecular formula is C12H22N6O8. The maximum absolute atomic E-state index is 11.9. The number of carboxylic acids is 1. The Morgan fingerprint density at radius 1 is 1.04 bits per heavy atom. The molecule has 148 valence electrons. The molecule has 0 saturated carbocycles. The second-order valence-electron chi connectivity index (χ2n) is 5.16. The first-order valence-corrected chi connectivity index (χ1v) is 7.21. The summed E-state index contributed by atoms with van der Waals surface area (Å²) in [6.45, 7) is 0.426. The number of nitrogens with one attached hydrogen (secondary N) is 4. The lowest BCUT2D eigenvalue weighted by Crippen LogP contribution is -2.59. The Morgan fingerprint density at radius 2 is 1.58 bits per heavy atom. The van der Waals surface area contributed by atoms with Crippen molar-refractivity contribution in [3.63, 3.8) is 0 Å². The van der Waals surface area contributed by atoms with Crippen molar-refractivity contribution in [1.82, 2.24) is 21.5 Å². The van der Waals surface area contributed by atoms with Crippen molar-refractivity contribution >= 4 is 29.7 Å². The third-order valence-corrected chi connectivity index (χ3v) is 2.90. The van der Waals surface area contributed by atoms with E-state index < -0.39 is 67.0 Å². The monoisotopic (exact) mass is 378 g/mol. The molecular weight excluding hydrogens is 356 g/mol. The van der Waals surface area contributed by atoms with Gasteiger partial charge in [-0.2, -0.15) is 0 Å². The summed E-state index contributed by atoms with van der Waals surface area (Å²) in [4.78, 5) is 57.0. The zero-order valence-electron chi connectivity index (χ0n) is 13.8. The molecule has 0 heterocycles. The minimum Gasteiger partial charge on any atom is -0.480 e. The van der Waals surface area contributed by atoms with Crippen LogP contribution < -0.4 is 33.0 Å². The van der Waals surface area contributed by atoms with Crippen LogP contribution in [0.15, 0.2) is 0 Å². The summed E-state index contributed by atoms with van der Waals surface area (Å²) in [5.41, 5.74) is 13.9. The molecule has 5 amide bonds. The Bertz CT molecular complexity index is 554. The smallest absolute Gasteiger partial charge is 0.328 e. The molecule has 0 aliphatic carbocycles. The second kappa shape index (κ2) is 10.8. The third kappa shape index (κ3) is 8.22. The number of rotatable bonds is 9. The number of hydrogen-bond donors (Lipinski definition) is 9. The van der Waals surface area contributed by atoms with E-state index in [0.717, 1.165) is 6.92 Å². The van der Waals surface area contributed by atoms with Gasteiger partial charge in [0.25, 0.3) is 11.8 Å². The first-order chi connectivity index (χ1) is 12.0. The van der Waals surface area contributed by atoms with Crippen LogP contribution in [0.25, 0.3) is 0 Å². The van der Waals surface area contributed by atoms with E-state index in [1.165, 1.54) is 0 Å². The molecule has 0 aliphatic rings. The number of carbonyl (C=O) groups excluding carboxylic acids is 4. The minimum atomic E-state index is -1.67. The van der Waals surface area contributed by atoms with E-state index in [1.54, 1.807) is 0 Å². The van der Waals surface area contributed by atoms with Crippen LogP contribution in [0.5, 0.6) is 0 Å². The molecule has 0 aromatic carbocycles.